The topological polar surface area (TPSA) is 52.6 Å². The van der Waals surface area contributed by atoms with E-state index in [4.69, 9.17) is 9.47 Å². The number of hydrogen-bond acceptors (Lipinski definition) is 4. The summed E-state index contributed by atoms with van der Waals surface area (Å²) in [5, 5.41) is 0. The predicted octanol–water partition coefficient (Wildman–Crippen LogP) is 1.63. The van der Waals surface area contributed by atoms with Crippen molar-refractivity contribution in [1.29, 1.82) is 0 Å². The smallest absolute Gasteiger partial charge is 0.338 e. The zero-order valence-electron chi connectivity index (χ0n) is 8.78. The summed E-state index contributed by atoms with van der Waals surface area (Å²) in [6.07, 6.45) is 0.134. The minimum atomic E-state index is -0.507. The van der Waals surface area contributed by atoms with Crippen molar-refractivity contribution in [2.45, 2.75) is 13.3 Å². The molecule has 0 fully saturated rings. The van der Waals surface area contributed by atoms with Crippen LogP contribution in [0, 0.1) is 0 Å². The Labute approximate surface area is 92.5 Å². The van der Waals surface area contributed by atoms with E-state index in [0.29, 0.717) is 22.6 Å². The van der Waals surface area contributed by atoms with Gasteiger partial charge in [0.25, 0.3) is 0 Å². The highest BCUT2D eigenvalue weighted by atomic mass is 16.6. The summed E-state index contributed by atoms with van der Waals surface area (Å²) in [4.78, 5) is 22.4. The molecule has 1 aromatic carbocycles. The highest BCUT2D eigenvalue weighted by molar-refractivity contribution is 5.90. The quantitative estimate of drug-likeness (QED) is 0.430. The van der Waals surface area contributed by atoms with Crippen LogP contribution in [0.1, 0.15) is 12.5 Å². The van der Waals surface area contributed by atoms with Crippen LogP contribution < -0.4 is 9.47 Å². The minimum Gasteiger partial charge on any atom is -0.426 e. The maximum atomic E-state index is 11.3. The van der Waals surface area contributed by atoms with Crippen molar-refractivity contribution in [3.63, 3.8) is 0 Å². The van der Waals surface area contributed by atoms with Gasteiger partial charge < -0.3 is 9.47 Å². The summed E-state index contributed by atoms with van der Waals surface area (Å²) >= 11 is 0. The first kappa shape index (κ1) is 10.4. The van der Waals surface area contributed by atoms with E-state index < -0.39 is 5.97 Å². The van der Waals surface area contributed by atoms with E-state index >= 15 is 0 Å². The van der Waals surface area contributed by atoms with Gasteiger partial charge in [-0.1, -0.05) is 12.6 Å². The fraction of sp³-hybridized carbons (Fsp3) is 0.167. The summed E-state index contributed by atoms with van der Waals surface area (Å²) in [6.45, 7) is 5.05. The normalized spacial score (nSPS) is 12.9. The Bertz CT molecular complexity index is 488. The fourth-order valence-corrected chi connectivity index (χ4v) is 1.40. The molecule has 1 heterocycles. The lowest BCUT2D eigenvalue weighted by Crippen LogP contribution is -2.09. The van der Waals surface area contributed by atoms with Crippen LogP contribution in [0.5, 0.6) is 11.5 Å². The molecule has 2 rings (SSSR count). The van der Waals surface area contributed by atoms with Crippen molar-refractivity contribution in [3.8, 4) is 11.5 Å². The van der Waals surface area contributed by atoms with Crippen LogP contribution in [0.15, 0.2) is 30.4 Å². The highest BCUT2D eigenvalue weighted by Gasteiger charge is 2.24. The Morgan fingerprint density at radius 2 is 2.25 bits per heavy atom. The molecule has 16 heavy (non-hydrogen) atoms. The van der Waals surface area contributed by atoms with Gasteiger partial charge in [0.1, 0.15) is 11.5 Å². The van der Waals surface area contributed by atoms with Crippen molar-refractivity contribution in [2.24, 2.45) is 0 Å². The van der Waals surface area contributed by atoms with Crippen LogP contribution in [-0.4, -0.2) is 11.9 Å². The van der Waals surface area contributed by atoms with E-state index in [1.54, 1.807) is 25.1 Å². The van der Waals surface area contributed by atoms with Gasteiger partial charge in [0, 0.05) is 11.1 Å². The monoisotopic (exact) mass is 218 g/mol. The fourth-order valence-electron chi connectivity index (χ4n) is 1.40. The standard InChI is InChI=1S/C12H10O4/c1-7(2)12(14)16-10-5-3-4-9-8(10)6-11(13)15-9/h3-5H,1,6H2,2H3. The first-order chi connectivity index (χ1) is 7.58. The summed E-state index contributed by atoms with van der Waals surface area (Å²) in [5.41, 5.74) is 0.921. The average Bonchev–Trinajstić information content (AvgIpc) is 2.59. The molecule has 1 aliphatic heterocycles. The van der Waals surface area contributed by atoms with Crippen LogP contribution in [-0.2, 0) is 16.0 Å². The Morgan fingerprint density at radius 1 is 1.50 bits per heavy atom. The zero-order valence-corrected chi connectivity index (χ0v) is 8.78. The Kier molecular flexibility index (Phi) is 2.48. The van der Waals surface area contributed by atoms with Gasteiger partial charge in [-0.2, -0.15) is 0 Å². The molecule has 4 heteroatoms. The number of fused-ring (bicyclic) bond motifs is 1. The second-order valence-electron chi connectivity index (χ2n) is 3.55. The molecule has 0 spiro atoms. The second kappa shape index (κ2) is 3.81. The van der Waals surface area contributed by atoms with Gasteiger partial charge in [0.05, 0.1) is 6.42 Å². The number of ether oxygens (including phenoxy) is 2. The SMILES string of the molecule is C=C(C)C(=O)Oc1cccc2c1CC(=O)O2. The van der Waals surface area contributed by atoms with Crippen LogP contribution in [0.25, 0.3) is 0 Å². The lowest BCUT2D eigenvalue weighted by Gasteiger charge is -2.06. The minimum absolute atomic E-state index is 0.134. The summed E-state index contributed by atoms with van der Waals surface area (Å²) in [6, 6.07) is 4.96. The molecular weight excluding hydrogens is 208 g/mol. The lowest BCUT2D eigenvalue weighted by molar-refractivity contribution is -0.132. The number of carbonyl (C=O) groups excluding carboxylic acids is 2. The van der Waals surface area contributed by atoms with Gasteiger partial charge in [0.15, 0.2) is 0 Å². The van der Waals surface area contributed by atoms with E-state index in [9.17, 15) is 9.59 Å². The average molecular weight is 218 g/mol. The summed E-state index contributed by atoms with van der Waals surface area (Å²) in [5.74, 6) is -0.0325. The number of benzene rings is 1. The molecule has 0 atom stereocenters. The van der Waals surface area contributed by atoms with Crippen LogP contribution in [0.4, 0.5) is 0 Å². The predicted molar refractivity (Wildman–Crippen MR) is 56.2 cm³/mol. The van der Waals surface area contributed by atoms with E-state index in [1.807, 2.05) is 0 Å². The van der Waals surface area contributed by atoms with E-state index in [0.717, 1.165) is 0 Å². The first-order valence-electron chi connectivity index (χ1n) is 4.78. The number of esters is 2. The van der Waals surface area contributed by atoms with Crippen molar-refractivity contribution in [3.05, 3.63) is 35.9 Å². The molecule has 4 nitrogen and oxygen atoms in total. The van der Waals surface area contributed by atoms with Crippen molar-refractivity contribution < 1.29 is 19.1 Å². The molecular formula is C12H10O4. The molecule has 0 amide bonds. The zero-order chi connectivity index (χ0) is 11.7. The molecule has 0 aromatic heterocycles. The third-order valence-corrected chi connectivity index (χ3v) is 2.19. The van der Waals surface area contributed by atoms with Crippen molar-refractivity contribution >= 4 is 11.9 Å². The number of hydrogen-bond donors (Lipinski definition) is 0. The largest absolute Gasteiger partial charge is 0.426 e. The Balaban J connectivity index is 2.30. The first-order valence-corrected chi connectivity index (χ1v) is 4.78. The van der Waals surface area contributed by atoms with Gasteiger partial charge >= 0.3 is 11.9 Å². The lowest BCUT2D eigenvalue weighted by atomic mass is 10.1. The van der Waals surface area contributed by atoms with Gasteiger partial charge in [-0.25, -0.2) is 4.79 Å². The number of carbonyl (C=O) groups is 2. The molecule has 0 radical (unpaired) electrons. The van der Waals surface area contributed by atoms with E-state index in [-0.39, 0.29) is 12.4 Å². The van der Waals surface area contributed by atoms with Gasteiger partial charge in [-0.05, 0) is 19.1 Å². The second-order valence-corrected chi connectivity index (χ2v) is 3.55. The highest BCUT2D eigenvalue weighted by Crippen LogP contribution is 2.33. The van der Waals surface area contributed by atoms with Crippen molar-refractivity contribution in [1.82, 2.24) is 0 Å². The van der Waals surface area contributed by atoms with Crippen LogP contribution in [0.2, 0.25) is 0 Å². The molecule has 0 bridgehead atoms. The molecule has 0 unspecified atom stereocenters. The van der Waals surface area contributed by atoms with Gasteiger partial charge in [-0.3, -0.25) is 4.79 Å². The summed E-state index contributed by atoms with van der Waals surface area (Å²) < 4.78 is 10.0. The van der Waals surface area contributed by atoms with Crippen molar-refractivity contribution in [2.75, 3.05) is 0 Å². The number of rotatable bonds is 2. The Morgan fingerprint density at radius 3 is 2.94 bits per heavy atom. The molecule has 1 aliphatic rings. The van der Waals surface area contributed by atoms with Crippen LogP contribution >= 0.6 is 0 Å². The maximum Gasteiger partial charge on any atom is 0.338 e. The van der Waals surface area contributed by atoms with Crippen LogP contribution in [0.3, 0.4) is 0 Å². The maximum absolute atomic E-state index is 11.3. The third-order valence-electron chi connectivity index (χ3n) is 2.19. The molecule has 0 N–H and O–H groups in total. The third kappa shape index (κ3) is 1.82. The van der Waals surface area contributed by atoms with E-state index in [1.165, 1.54) is 0 Å². The molecule has 1 aromatic rings. The van der Waals surface area contributed by atoms with E-state index in [2.05, 4.69) is 6.58 Å². The molecule has 0 aliphatic carbocycles. The van der Waals surface area contributed by atoms with Gasteiger partial charge in [-0.15, -0.1) is 0 Å². The molecule has 82 valence electrons. The summed E-state index contributed by atoms with van der Waals surface area (Å²) in [7, 11) is 0. The van der Waals surface area contributed by atoms with Gasteiger partial charge in [0.2, 0.25) is 0 Å². The molecule has 0 saturated carbocycles. The Hall–Kier alpha value is -2.10. The molecule has 0 saturated heterocycles.